The molecule has 4 heteroatoms. The van der Waals surface area contributed by atoms with Gasteiger partial charge in [-0.15, -0.1) is 0 Å². The van der Waals surface area contributed by atoms with E-state index >= 15 is 0 Å². The van der Waals surface area contributed by atoms with Gasteiger partial charge in [0.2, 0.25) is 0 Å². The second-order valence-electron chi connectivity index (χ2n) is 2.36. The Morgan fingerprint density at radius 2 is 2.42 bits per heavy atom. The Hall–Kier alpha value is -1.03. The number of pyridine rings is 1. The number of nitrogens with zero attached hydrogens (tertiary/aromatic N) is 2. The lowest BCUT2D eigenvalue weighted by Crippen LogP contribution is -1.88. The first kappa shape index (κ1) is 7.61. The van der Waals surface area contributed by atoms with Crippen molar-refractivity contribution in [3.8, 4) is 5.75 Å². The largest absolute Gasteiger partial charge is 0.494 e. The molecule has 0 aromatic carbocycles. The van der Waals surface area contributed by atoms with Crippen LogP contribution in [0.1, 0.15) is 0 Å². The molecule has 3 nitrogen and oxygen atoms in total. The Morgan fingerprint density at radius 3 is 3.17 bits per heavy atom. The number of hydrogen-bond acceptors (Lipinski definition) is 2. The van der Waals surface area contributed by atoms with Crippen LogP contribution >= 0.6 is 15.9 Å². The maximum absolute atomic E-state index is 5.16. The van der Waals surface area contributed by atoms with Crippen molar-refractivity contribution in [1.82, 2.24) is 9.38 Å². The monoisotopic (exact) mass is 226 g/mol. The van der Waals surface area contributed by atoms with Gasteiger partial charge in [-0.05, 0) is 28.1 Å². The summed E-state index contributed by atoms with van der Waals surface area (Å²) in [4.78, 5) is 4.10. The highest BCUT2D eigenvalue weighted by Gasteiger charge is 2.03. The molecule has 2 aromatic rings. The Balaban J connectivity index is 2.81. The SMILES string of the molecule is COc1cccn2c(Br)ncc12. The maximum atomic E-state index is 5.16. The van der Waals surface area contributed by atoms with Gasteiger partial charge in [0.05, 0.1) is 13.3 Å². The number of aromatic nitrogens is 2. The topological polar surface area (TPSA) is 26.5 Å². The number of halogens is 1. The number of imidazole rings is 1. The lowest BCUT2D eigenvalue weighted by atomic mass is 10.4. The minimum absolute atomic E-state index is 0.788. The minimum Gasteiger partial charge on any atom is -0.494 e. The van der Waals surface area contributed by atoms with Crippen LogP contribution in [0.15, 0.2) is 29.3 Å². The fraction of sp³-hybridized carbons (Fsp3) is 0.125. The number of ether oxygens (including phenoxy) is 1. The van der Waals surface area contributed by atoms with Crippen molar-refractivity contribution >= 4 is 21.4 Å². The average molecular weight is 227 g/mol. The van der Waals surface area contributed by atoms with Crippen LogP contribution in [0.3, 0.4) is 0 Å². The summed E-state index contributed by atoms with van der Waals surface area (Å²) in [7, 11) is 1.65. The quantitative estimate of drug-likeness (QED) is 0.745. The van der Waals surface area contributed by atoms with Crippen molar-refractivity contribution in [1.29, 1.82) is 0 Å². The lowest BCUT2D eigenvalue weighted by molar-refractivity contribution is 0.418. The molecule has 0 radical (unpaired) electrons. The van der Waals surface area contributed by atoms with E-state index < -0.39 is 0 Å². The van der Waals surface area contributed by atoms with Gasteiger partial charge in [0.15, 0.2) is 4.73 Å². The van der Waals surface area contributed by atoms with Gasteiger partial charge in [-0.2, -0.15) is 0 Å². The molecule has 2 aromatic heterocycles. The van der Waals surface area contributed by atoms with Gasteiger partial charge in [0.25, 0.3) is 0 Å². The van der Waals surface area contributed by atoms with Crippen molar-refractivity contribution in [3.05, 3.63) is 29.3 Å². The normalized spacial score (nSPS) is 10.5. The third-order valence-corrected chi connectivity index (χ3v) is 2.29. The first-order chi connectivity index (χ1) is 5.83. The van der Waals surface area contributed by atoms with E-state index in [2.05, 4.69) is 20.9 Å². The molecule has 0 bridgehead atoms. The van der Waals surface area contributed by atoms with Gasteiger partial charge in [-0.3, -0.25) is 4.40 Å². The van der Waals surface area contributed by atoms with Crippen LogP contribution < -0.4 is 4.74 Å². The molecule has 0 spiro atoms. The molecular formula is C8H7BrN2O. The molecular weight excluding hydrogens is 220 g/mol. The van der Waals surface area contributed by atoms with Crippen molar-refractivity contribution < 1.29 is 4.74 Å². The lowest BCUT2D eigenvalue weighted by Gasteiger charge is -2.01. The van der Waals surface area contributed by atoms with E-state index in [4.69, 9.17) is 4.74 Å². The van der Waals surface area contributed by atoms with E-state index in [-0.39, 0.29) is 0 Å². The number of hydrogen-bond donors (Lipinski definition) is 0. The third kappa shape index (κ3) is 0.992. The van der Waals surface area contributed by atoms with Gasteiger partial charge in [-0.25, -0.2) is 4.98 Å². The second-order valence-corrected chi connectivity index (χ2v) is 3.07. The highest BCUT2D eigenvalue weighted by atomic mass is 79.9. The molecule has 2 heterocycles. The summed E-state index contributed by atoms with van der Waals surface area (Å²) in [6, 6.07) is 3.82. The van der Waals surface area contributed by atoms with Crippen molar-refractivity contribution in [2.75, 3.05) is 7.11 Å². The first-order valence-corrected chi connectivity index (χ1v) is 4.28. The van der Waals surface area contributed by atoms with E-state index in [1.54, 1.807) is 13.3 Å². The summed E-state index contributed by atoms with van der Waals surface area (Å²) in [5, 5.41) is 0. The molecule has 62 valence electrons. The molecule has 0 amide bonds. The van der Waals surface area contributed by atoms with E-state index in [9.17, 15) is 0 Å². The number of methoxy groups -OCH3 is 1. The Morgan fingerprint density at radius 1 is 1.58 bits per heavy atom. The molecule has 0 aliphatic carbocycles. The summed E-state index contributed by atoms with van der Waals surface area (Å²) < 4.78 is 7.86. The van der Waals surface area contributed by atoms with Gasteiger partial charge < -0.3 is 4.74 Å². The van der Waals surface area contributed by atoms with Crippen molar-refractivity contribution in [2.24, 2.45) is 0 Å². The fourth-order valence-corrected chi connectivity index (χ4v) is 1.55. The summed E-state index contributed by atoms with van der Waals surface area (Å²) in [5.41, 5.74) is 0.965. The molecule has 0 atom stereocenters. The second kappa shape index (κ2) is 2.79. The van der Waals surface area contributed by atoms with E-state index in [0.29, 0.717) is 0 Å². The molecule has 12 heavy (non-hydrogen) atoms. The third-order valence-electron chi connectivity index (χ3n) is 1.71. The van der Waals surface area contributed by atoms with Gasteiger partial charge in [0.1, 0.15) is 11.3 Å². The zero-order chi connectivity index (χ0) is 8.55. The Labute approximate surface area is 78.1 Å². The van der Waals surface area contributed by atoms with Crippen molar-refractivity contribution in [3.63, 3.8) is 0 Å². The molecule has 0 aliphatic rings. The van der Waals surface area contributed by atoms with Crippen LogP contribution in [0.4, 0.5) is 0 Å². The van der Waals surface area contributed by atoms with E-state index in [1.807, 2.05) is 22.7 Å². The highest BCUT2D eigenvalue weighted by molar-refractivity contribution is 9.10. The smallest absolute Gasteiger partial charge is 0.181 e. The summed E-state index contributed by atoms with van der Waals surface area (Å²) in [5.74, 6) is 0.829. The van der Waals surface area contributed by atoms with E-state index in [1.165, 1.54) is 0 Å². The summed E-state index contributed by atoms with van der Waals surface area (Å²) in [6.07, 6.45) is 3.69. The maximum Gasteiger partial charge on any atom is 0.181 e. The summed E-state index contributed by atoms with van der Waals surface area (Å²) in [6.45, 7) is 0. The fourth-order valence-electron chi connectivity index (χ4n) is 1.14. The predicted octanol–water partition coefficient (Wildman–Crippen LogP) is 2.11. The Kier molecular flexibility index (Phi) is 1.77. The van der Waals surface area contributed by atoms with Crippen LogP contribution in [0.25, 0.3) is 5.52 Å². The first-order valence-electron chi connectivity index (χ1n) is 3.48. The van der Waals surface area contributed by atoms with Crippen LogP contribution in [0.5, 0.6) is 5.75 Å². The van der Waals surface area contributed by atoms with Crippen LogP contribution in [0.2, 0.25) is 0 Å². The van der Waals surface area contributed by atoms with Crippen LogP contribution in [0, 0.1) is 0 Å². The van der Waals surface area contributed by atoms with Gasteiger partial charge in [0, 0.05) is 6.20 Å². The molecule has 0 saturated carbocycles. The Bertz CT molecular complexity index is 410. The standard InChI is InChI=1S/C8H7BrN2O/c1-12-7-3-2-4-11-6(7)5-10-8(11)9/h2-5H,1H3. The highest BCUT2D eigenvalue weighted by Crippen LogP contribution is 2.21. The summed E-state index contributed by atoms with van der Waals surface area (Å²) >= 11 is 3.33. The van der Waals surface area contributed by atoms with Crippen LogP contribution in [-0.4, -0.2) is 16.5 Å². The molecule has 0 saturated heterocycles. The van der Waals surface area contributed by atoms with Gasteiger partial charge in [-0.1, -0.05) is 0 Å². The zero-order valence-corrected chi connectivity index (χ0v) is 8.08. The molecule has 0 N–H and O–H groups in total. The molecule has 0 fully saturated rings. The van der Waals surface area contributed by atoms with E-state index in [0.717, 1.165) is 16.0 Å². The van der Waals surface area contributed by atoms with Gasteiger partial charge >= 0.3 is 0 Å². The molecule has 2 rings (SSSR count). The van der Waals surface area contributed by atoms with Crippen molar-refractivity contribution in [2.45, 2.75) is 0 Å². The van der Waals surface area contributed by atoms with Crippen LogP contribution in [-0.2, 0) is 0 Å². The number of fused-ring (bicyclic) bond motifs is 1. The minimum atomic E-state index is 0.788. The average Bonchev–Trinajstić information content (AvgIpc) is 2.48. The predicted molar refractivity (Wildman–Crippen MR) is 49.4 cm³/mol. The molecule has 0 aliphatic heterocycles. The number of rotatable bonds is 1. The molecule has 0 unspecified atom stereocenters. The zero-order valence-electron chi connectivity index (χ0n) is 6.49.